The molecule has 0 bridgehead atoms. The van der Waals surface area contributed by atoms with Gasteiger partial charge >= 0.3 is 0 Å². The Morgan fingerprint density at radius 1 is 0.905 bits per heavy atom. The summed E-state index contributed by atoms with van der Waals surface area (Å²) in [7, 11) is 4.94. The zero-order chi connectivity index (χ0) is 15.2. The topological polar surface area (TPSA) is 39.7 Å². The normalized spacial score (nSPS) is 10.1. The first-order valence-corrected chi connectivity index (χ1v) is 7.25. The van der Waals surface area contributed by atoms with Crippen molar-refractivity contribution >= 4 is 21.6 Å². The number of hydrogen-bond donors (Lipinski definition) is 1. The molecule has 0 unspecified atom stereocenters. The Bertz CT molecular complexity index is 594. The lowest BCUT2D eigenvalue weighted by molar-refractivity contribution is 0.393. The molecule has 0 saturated heterocycles. The van der Waals surface area contributed by atoms with Gasteiger partial charge in [0, 0.05) is 17.1 Å². The van der Waals surface area contributed by atoms with E-state index in [1.807, 2.05) is 36.4 Å². The van der Waals surface area contributed by atoms with Gasteiger partial charge in [0.15, 0.2) is 0 Å². The lowest BCUT2D eigenvalue weighted by Gasteiger charge is -2.13. The molecule has 0 atom stereocenters. The van der Waals surface area contributed by atoms with Gasteiger partial charge in [-0.15, -0.1) is 0 Å². The summed E-state index contributed by atoms with van der Waals surface area (Å²) in [4.78, 5) is 0. The lowest BCUT2D eigenvalue weighted by atomic mass is 10.2. The van der Waals surface area contributed by atoms with Crippen molar-refractivity contribution in [1.29, 1.82) is 0 Å². The molecule has 0 aliphatic heterocycles. The van der Waals surface area contributed by atoms with E-state index in [4.69, 9.17) is 14.2 Å². The highest BCUT2D eigenvalue weighted by Crippen LogP contribution is 2.29. The molecule has 0 radical (unpaired) electrons. The van der Waals surface area contributed by atoms with Gasteiger partial charge < -0.3 is 19.5 Å². The molecule has 0 fully saturated rings. The number of anilines is 1. The first-order chi connectivity index (χ1) is 10.2. The van der Waals surface area contributed by atoms with Crippen LogP contribution in [-0.4, -0.2) is 21.3 Å². The third kappa shape index (κ3) is 4.04. The molecule has 0 spiro atoms. The van der Waals surface area contributed by atoms with E-state index in [9.17, 15) is 0 Å². The molecule has 112 valence electrons. The van der Waals surface area contributed by atoms with Gasteiger partial charge in [-0.1, -0.05) is 15.9 Å². The van der Waals surface area contributed by atoms with Gasteiger partial charge in [0.1, 0.15) is 17.2 Å². The maximum atomic E-state index is 5.35. The van der Waals surface area contributed by atoms with E-state index in [0.29, 0.717) is 6.54 Å². The van der Waals surface area contributed by atoms with Crippen LogP contribution in [0.4, 0.5) is 5.69 Å². The predicted octanol–water partition coefficient (Wildman–Crippen LogP) is 4.09. The highest BCUT2D eigenvalue weighted by molar-refractivity contribution is 9.10. The molecule has 0 saturated carbocycles. The van der Waals surface area contributed by atoms with Crippen molar-refractivity contribution < 1.29 is 14.2 Å². The molecule has 2 rings (SSSR count). The number of benzene rings is 2. The smallest absolute Gasteiger partial charge is 0.142 e. The zero-order valence-electron chi connectivity index (χ0n) is 12.3. The van der Waals surface area contributed by atoms with Gasteiger partial charge in [-0.05, 0) is 35.9 Å². The molecule has 2 aromatic rings. The fourth-order valence-corrected chi connectivity index (χ4v) is 2.35. The Kier molecular flexibility index (Phi) is 5.33. The van der Waals surface area contributed by atoms with E-state index in [1.54, 1.807) is 21.3 Å². The van der Waals surface area contributed by atoms with Gasteiger partial charge in [0.25, 0.3) is 0 Å². The molecule has 0 heterocycles. The van der Waals surface area contributed by atoms with Gasteiger partial charge in [-0.3, -0.25) is 0 Å². The van der Waals surface area contributed by atoms with Crippen LogP contribution in [0.1, 0.15) is 5.56 Å². The third-order valence-electron chi connectivity index (χ3n) is 3.06. The average molecular weight is 352 g/mol. The van der Waals surface area contributed by atoms with E-state index < -0.39 is 0 Å². The molecule has 2 aromatic carbocycles. The van der Waals surface area contributed by atoms with Crippen molar-refractivity contribution in [3.8, 4) is 17.2 Å². The van der Waals surface area contributed by atoms with E-state index in [-0.39, 0.29) is 0 Å². The summed E-state index contributed by atoms with van der Waals surface area (Å²) in [5.41, 5.74) is 1.99. The monoisotopic (exact) mass is 351 g/mol. The van der Waals surface area contributed by atoms with E-state index in [2.05, 4.69) is 21.2 Å². The van der Waals surface area contributed by atoms with Crippen LogP contribution in [0.15, 0.2) is 40.9 Å². The second-order valence-electron chi connectivity index (χ2n) is 4.42. The standard InChI is InChI=1S/C16H18BrNO3/c1-19-13-6-11(7-14(9-13)20-2)10-18-15-8-12(17)4-5-16(15)21-3/h4-9,18H,10H2,1-3H3. The van der Waals surface area contributed by atoms with Gasteiger partial charge in [0.05, 0.1) is 27.0 Å². The first-order valence-electron chi connectivity index (χ1n) is 6.45. The number of hydrogen-bond acceptors (Lipinski definition) is 4. The van der Waals surface area contributed by atoms with E-state index >= 15 is 0 Å². The van der Waals surface area contributed by atoms with Crippen molar-refractivity contribution in [3.05, 3.63) is 46.4 Å². The molecule has 0 aromatic heterocycles. The summed E-state index contributed by atoms with van der Waals surface area (Å²) in [5.74, 6) is 2.34. The largest absolute Gasteiger partial charge is 0.497 e. The summed E-state index contributed by atoms with van der Waals surface area (Å²) in [6, 6.07) is 11.6. The van der Waals surface area contributed by atoms with Gasteiger partial charge in [-0.2, -0.15) is 0 Å². The Morgan fingerprint density at radius 3 is 2.14 bits per heavy atom. The highest BCUT2D eigenvalue weighted by atomic mass is 79.9. The van der Waals surface area contributed by atoms with Crippen LogP contribution in [0.3, 0.4) is 0 Å². The number of ether oxygens (including phenoxy) is 3. The summed E-state index contributed by atoms with van der Waals surface area (Å²) in [5, 5.41) is 3.36. The molecule has 1 N–H and O–H groups in total. The highest BCUT2D eigenvalue weighted by Gasteiger charge is 2.05. The number of nitrogens with one attached hydrogen (secondary N) is 1. The third-order valence-corrected chi connectivity index (χ3v) is 3.55. The Labute approximate surface area is 133 Å². The Hall–Kier alpha value is -1.88. The van der Waals surface area contributed by atoms with E-state index in [1.165, 1.54) is 0 Å². The number of halogens is 1. The molecule has 0 amide bonds. The Morgan fingerprint density at radius 2 is 1.57 bits per heavy atom. The van der Waals surface area contributed by atoms with Crippen molar-refractivity contribution in [2.75, 3.05) is 26.6 Å². The van der Waals surface area contributed by atoms with Crippen LogP contribution in [0.25, 0.3) is 0 Å². The minimum absolute atomic E-state index is 0.639. The second kappa shape index (κ2) is 7.22. The van der Waals surface area contributed by atoms with Crippen LogP contribution < -0.4 is 19.5 Å². The molecular weight excluding hydrogens is 334 g/mol. The summed E-state index contributed by atoms with van der Waals surface area (Å²) < 4.78 is 16.9. The molecule has 5 heteroatoms. The van der Waals surface area contributed by atoms with Gasteiger partial charge in [-0.25, -0.2) is 0 Å². The lowest BCUT2D eigenvalue weighted by Crippen LogP contribution is -2.02. The number of methoxy groups -OCH3 is 3. The average Bonchev–Trinajstić information content (AvgIpc) is 2.52. The quantitative estimate of drug-likeness (QED) is 0.850. The molecule has 4 nitrogen and oxygen atoms in total. The van der Waals surface area contributed by atoms with Crippen LogP contribution in [0.2, 0.25) is 0 Å². The fourth-order valence-electron chi connectivity index (χ4n) is 1.98. The zero-order valence-corrected chi connectivity index (χ0v) is 13.9. The molecule has 21 heavy (non-hydrogen) atoms. The molecule has 0 aliphatic rings. The van der Waals surface area contributed by atoms with Crippen LogP contribution in [0.5, 0.6) is 17.2 Å². The second-order valence-corrected chi connectivity index (χ2v) is 5.33. The molecule has 0 aliphatic carbocycles. The first kappa shape index (κ1) is 15.5. The summed E-state index contributed by atoms with van der Waals surface area (Å²) in [6.07, 6.45) is 0. The maximum absolute atomic E-state index is 5.35. The number of rotatable bonds is 6. The minimum Gasteiger partial charge on any atom is -0.497 e. The van der Waals surface area contributed by atoms with Gasteiger partial charge in [0.2, 0.25) is 0 Å². The Balaban J connectivity index is 2.18. The summed E-state index contributed by atoms with van der Waals surface area (Å²) >= 11 is 3.46. The van der Waals surface area contributed by atoms with Crippen molar-refractivity contribution in [2.45, 2.75) is 6.54 Å². The maximum Gasteiger partial charge on any atom is 0.142 e. The van der Waals surface area contributed by atoms with Crippen molar-refractivity contribution in [2.24, 2.45) is 0 Å². The predicted molar refractivity (Wildman–Crippen MR) is 87.6 cm³/mol. The van der Waals surface area contributed by atoms with Crippen LogP contribution >= 0.6 is 15.9 Å². The van der Waals surface area contributed by atoms with Crippen LogP contribution in [-0.2, 0) is 6.54 Å². The minimum atomic E-state index is 0.639. The fraction of sp³-hybridized carbons (Fsp3) is 0.250. The van der Waals surface area contributed by atoms with Crippen LogP contribution in [0, 0.1) is 0 Å². The molecular formula is C16H18BrNO3. The summed E-state index contributed by atoms with van der Waals surface area (Å²) in [6.45, 7) is 0.639. The van der Waals surface area contributed by atoms with Crippen molar-refractivity contribution in [3.63, 3.8) is 0 Å². The van der Waals surface area contributed by atoms with Crippen molar-refractivity contribution in [1.82, 2.24) is 0 Å². The SMILES string of the molecule is COc1cc(CNc2cc(Br)ccc2OC)cc(OC)c1. The van der Waals surface area contributed by atoms with E-state index in [0.717, 1.165) is 33.0 Å².